The Morgan fingerprint density at radius 1 is 0.840 bits per heavy atom. The van der Waals surface area contributed by atoms with Crippen LogP contribution in [-0.2, 0) is 10.1 Å². The lowest BCUT2D eigenvalue weighted by atomic mass is 10.2. The van der Waals surface area contributed by atoms with Gasteiger partial charge in [-0.1, -0.05) is 24.8 Å². The molecule has 2 rings (SSSR count). The molecule has 0 N–H and O–H groups in total. The van der Waals surface area contributed by atoms with E-state index in [1.54, 1.807) is 6.08 Å². The second-order valence-electron chi connectivity index (χ2n) is 5.46. The predicted molar refractivity (Wildman–Crippen MR) is 95.8 cm³/mol. The van der Waals surface area contributed by atoms with Crippen LogP contribution in [0.25, 0.3) is 6.08 Å². The molecule has 0 aliphatic rings. The molecule has 0 atom stereocenters. The molecule has 0 radical (unpaired) electrons. The Kier molecular flexibility index (Phi) is 7.03. The van der Waals surface area contributed by atoms with Gasteiger partial charge in [0.25, 0.3) is 0 Å². The number of hydrogen-bond acceptors (Lipinski definition) is 5. The zero-order valence-corrected chi connectivity index (χ0v) is 14.7. The van der Waals surface area contributed by atoms with Crippen molar-refractivity contribution in [3.05, 3.63) is 60.7 Å². The lowest BCUT2D eigenvalue weighted by Crippen LogP contribution is -2.02. The van der Waals surface area contributed by atoms with E-state index in [1.807, 2.05) is 24.3 Å². The Morgan fingerprint density at radius 3 is 1.76 bits per heavy atom. The van der Waals surface area contributed by atoms with Crippen molar-refractivity contribution >= 4 is 16.2 Å². The normalized spacial score (nSPS) is 11.1. The molecule has 0 saturated heterocycles. The highest BCUT2D eigenvalue weighted by atomic mass is 32.2. The zero-order valence-electron chi connectivity index (χ0n) is 13.9. The lowest BCUT2D eigenvalue weighted by Gasteiger charge is -2.09. The Hall–Kier alpha value is -2.31. The van der Waals surface area contributed by atoms with Crippen LogP contribution in [0.1, 0.15) is 24.8 Å². The number of hydrogen-bond donors (Lipinski definition) is 0. The van der Waals surface area contributed by atoms with E-state index >= 15 is 0 Å². The molecule has 0 bridgehead atoms. The second kappa shape index (κ2) is 9.25. The van der Waals surface area contributed by atoms with E-state index in [0.717, 1.165) is 30.6 Å². The third-order valence-electron chi connectivity index (χ3n) is 3.55. The quantitative estimate of drug-likeness (QED) is 0.474. The molecule has 0 aliphatic carbocycles. The maximum absolute atomic E-state index is 10.8. The van der Waals surface area contributed by atoms with E-state index in [9.17, 15) is 13.0 Å². The molecule has 134 valence electrons. The number of ether oxygens (including phenoxy) is 2. The largest absolute Gasteiger partial charge is 0.744 e. The molecule has 0 amide bonds. The molecule has 5 nitrogen and oxygen atoms in total. The highest BCUT2D eigenvalue weighted by molar-refractivity contribution is 7.85. The number of rotatable bonds is 10. The standard InChI is InChI=1S/C19H22O5S/c1-2-16-6-8-17(9-7-16)23-14-4-3-5-15-24-18-10-12-19(13-11-18)25(20,21)22/h2,6-13H,1,3-5,14-15H2,(H,20,21,22)/p-1. The van der Waals surface area contributed by atoms with Crippen molar-refractivity contribution in [1.82, 2.24) is 0 Å². The first-order valence-electron chi connectivity index (χ1n) is 8.03. The summed E-state index contributed by atoms with van der Waals surface area (Å²) >= 11 is 0. The summed E-state index contributed by atoms with van der Waals surface area (Å²) in [6, 6.07) is 13.2. The van der Waals surface area contributed by atoms with Gasteiger partial charge in [-0.15, -0.1) is 0 Å². The number of benzene rings is 2. The van der Waals surface area contributed by atoms with Crippen LogP contribution in [0.15, 0.2) is 60.0 Å². The molecule has 0 heterocycles. The van der Waals surface area contributed by atoms with Gasteiger partial charge in [-0.05, 0) is 61.2 Å². The molecule has 0 saturated carbocycles. The van der Waals surface area contributed by atoms with Crippen LogP contribution in [-0.4, -0.2) is 26.2 Å². The monoisotopic (exact) mass is 361 g/mol. The van der Waals surface area contributed by atoms with Crippen molar-refractivity contribution in [2.75, 3.05) is 13.2 Å². The molecule has 2 aromatic carbocycles. The Morgan fingerprint density at radius 2 is 1.32 bits per heavy atom. The minimum absolute atomic E-state index is 0.252. The third-order valence-corrected chi connectivity index (χ3v) is 4.40. The molecule has 2 aromatic rings. The smallest absolute Gasteiger partial charge is 0.124 e. The fourth-order valence-corrected chi connectivity index (χ4v) is 2.63. The van der Waals surface area contributed by atoms with Crippen molar-refractivity contribution in [2.24, 2.45) is 0 Å². The second-order valence-corrected chi connectivity index (χ2v) is 6.84. The first-order valence-corrected chi connectivity index (χ1v) is 9.44. The molecule has 0 aromatic heterocycles. The summed E-state index contributed by atoms with van der Waals surface area (Å²) in [6.07, 6.45) is 4.52. The van der Waals surface area contributed by atoms with Gasteiger partial charge in [0.05, 0.1) is 18.1 Å². The highest BCUT2D eigenvalue weighted by Crippen LogP contribution is 2.16. The van der Waals surface area contributed by atoms with E-state index in [2.05, 4.69) is 6.58 Å². The van der Waals surface area contributed by atoms with Gasteiger partial charge in [-0.3, -0.25) is 0 Å². The number of unbranched alkanes of at least 4 members (excludes halogenated alkanes) is 2. The van der Waals surface area contributed by atoms with Gasteiger partial charge in [0.15, 0.2) is 0 Å². The summed E-state index contributed by atoms with van der Waals surface area (Å²) in [7, 11) is -4.41. The van der Waals surface area contributed by atoms with Crippen molar-refractivity contribution < 1.29 is 22.4 Å². The molecule has 0 spiro atoms. The zero-order chi connectivity index (χ0) is 18.1. The average molecular weight is 361 g/mol. The average Bonchev–Trinajstić information content (AvgIpc) is 2.61. The minimum atomic E-state index is -4.41. The first-order chi connectivity index (χ1) is 12.0. The van der Waals surface area contributed by atoms with Crippen LogP contribution in [0.2, 0.25) is 0 Å². The Balaban J connectivity index is 1.59. The van der Waals surface area contributed by atoms with Crippen LogP contribution in [0.3, 0.4) is 0 Å². The van der Waals surface area contributed by atoms with Gasteiger partial charge in [-0.25, -0.2) is 8.42 Å². The molecule has 6 heteroatoms. The van der Waals surface area contributed by atoms with Gasteiger partial charge in [0, 0.05) is 0 Å². The summed E-state index contributed by atoms with van der Waals surface area (Å²) in [5, 5.41) is 0. The van der Waals surface area contributed by atoms with Crippen molar-refractivity contribution in [2.45, 2.75) is 24.2 Å². The van der Waals surface area contributed by atoms with Gasteiger partial charge < -0.3 is 14.0 Å². The Bertz CT molecular complexity index is 764. The van der Waals surface area contributed by atoms with Crippen molar-refractivity contribution in [1.29, 1.82) is 0 Å². The van der Waals surface area contributed by atoms with E-state index in [4.69, 9.17) is 9.47 Å². The molecular weight excluding hydrogens is 340 g/mol. The molecular formula is C19H21O5S-. The van der Waals surface area contributed by atoms with Gasteiger partial charge in [0.2, 0.25) is 0 Å². The third kappa shape index (κ3) is 6.60. The van der Waals surface area contributed by atoms with Crippen LogP contribution < -0.4 is 9.47 Å². The molecule has 25 heavy (non-hydrogen) atoms. The SMILES string of the molecule is C=Cc1ccc(OCCCCCOc2ccc(S(=O)(=O)[O-])cc2)cc1. The van der Waals surface area contributed by atoms with Gasteiger partial charge >= 0.3 is 0 Å². The highest BCUT2D eigenvalue weighted by Gasteiger charge is 2.01. The van der Waals surface area contributed by atoms with E-state index < -0.39 is 10.1 Å². The van der Waals surface area contributed by atoms with Crippen molar-refractivity contribution in [3.63, 3.8) is 0 Å². The predicted octanol–water partition coefficient (Wildman–Crippen LogP) is 3.86. The molecule has 0 aliphatic heterocycles. The Labute approximate surface area is 148 Å². The fraction of sp³-hybridized carbons (Fsp3) is 0.263. The van der Waals surface area contributed by atoms with Gasteiger partial charge in [0.1, 0.15) is 21.6 Å². The molecule has 0 unspecified atom stereocenters. The minimum Gasteiger partial charge on any atom is -0.744 e. The van der Waals surface area contributed by atoms with Crippen LogP contribution >= 0.6 is 0 Å². The van der Waals surface area contributed by atoms with Crippen LogP contribution in [0.4, 0.5) is 0 Å². The first kappa shape index (κ1) is 19.0. The lowest BCUT2D eigenvalue weighted by molar-refractivity contribution is 0.279. The van der Waals surface area contributed by atoms with Gasteiger partial charge in [-0.2, -0.15) is 0 Å². The van der Waals surface area contributed by atoms with E-state index in [1.165, 1.54) is 24.3 Å². The summed E-state index contributed by atoms with van der Waals surface area (Å²) in [5.74, 6) is 1.39. The van der Waals surface area contributed by atoms with Crippen LogP contribution in [0.5, 0.6) is 11.5 Å². The summed E-state index contributed by atoms with van der Waals surface area (Å²) < 4.78 is 43.7. The summed E-state index contributed by atoms with van der Waals surface area (Å²) in [5.41, 5.74) is 1.06. The van der Waals surface area contributed by atoms with E-state index in [0.29, 0.717) is 19.0 Å². The summed E-state index contributed by atoms with van der Waals surface area (Å²) in [6.45, 7) is 4.88. The van der Waals surface area contributed by atoms with Crippen molar-refractivity contribution in [3.8, 4) is 11.5 Å². The maximum Gasteiger partial charge on any atom is 0.124 e. The summed E-state index contributed by atoms with van der Waals surface area (Å²) in [4.78, 5) is -0.252. The van der Waals surface area contributed by atoms with Crippen LogP contribution in [0, 0.1) is 0 Å². The molecule has 0 fully saturated rings. The van der Waals surface area contributed by atoms with E-state index in [-0.39, 0.29) is 4.90 Å². The maximum atomic E-state index is 10.8. The fourth-order valence-electron chi connectivity index (χ4n) is 2.16. The topological polar surface area (TPSA) is 75.7 Å².